The second kappa shape index (κ2) is 9.63. The first kappa shape index (κ1) is 21.0. The average molecular weight is 392 g/mol. The first-order chi connectivity index (χ1) is 13.9. The van der Waals surface area contributed by atoms with Crippen molar-refractivity contribution in [3.05, 3.63) is 76.9 Å². The van der Waals surface area contributed by atoms with Crippen LogP contribution in [0.15, 0.2) is 54.6 Å². The quantitative estimate of drug-likeness (QED) is 0.575. The van der Waals surface area contributed by atoms with Crippen LogP contribution >= 0.6 is 0 Å². The van der Waals surface area contributed by atoms with Crippen LogP contribution in [0.5, 0.6) is 0 Å². The van der Waals surface area contributed by atoms with Crippen molar-refractivity contribution in [2.45, 2.75) is 39.0 Å². The third-order valence-electron chi connectivity index (χ3n) is 5.43. The molecule has 2 atom stereocenters. The summed E-state index contributed by atoms with van der Waals surface area (Å²) >= 11 is 0. The summed E-state index contributed by atoms with van der Waals surface area (Å²) in [6, 6.07) is 16.7. The number of hydrogen-bond acceptors (Lipinski definition) is 4. The van der Waals surface area contributed by atoms with E-state index in [2.05, 4.69) is 41.8 Å². The molecule has 2 aromatic rings. The van der Waals surface area contributed by atoms with E-state index in [1.165, 1.54) is 11.1 Å². The summed E-state index contributed by atoms with van der Waals surface area (Å²) in [5, 5.41) is 8.72. The minimum Gasteiger partial charge on any atom is -0.478 e. The number of carboxylic acids is 1. The Balaban J connectivity index is 1.59. The van der Waals surface area contributed by atoms with Crippen molar-refractivity contribution in [3.63, 3.8) is 0 Å². The summed E-state index contributed by atoms with van der Waals surface area (Å²) < 4.78 is 0. The van der Waals surface area contributed by atoms with E-state index in [4.69, 9.17) is 5.11 Å². The van der Waals surface area contributed by atoms with Crippen LogP contribution < -0.4 is 0 Å². The lowest BCUT2D eigenvalue weighted by Crippen LogP contribution is -2.55. The number of carboxylic acid groups (broad SMARTS) is 1. The molecule has 152 valence electrons. The number of aliphatic carboxylic acids is 1. The summed E-state index contributed by atoms with van der Waals surface area (Å²) in [5.41, 5.74) is 4.01. The van der Waals surface area contributed by atoms with Gasteiger partial charge >= 0.3 is 5.97 Å². The molecular weight excluding hydrogens is 364 g/mol. The molecule has 0 radical (unpaired) electrons. The van der Waals surface area contributed by atoms with Gasteiger partial charge < -0.3 is 5.11 Å². The normalized spacial score (nSPS) is 20.8. The van der Waals surface area contributed by atoms with E-state index in [0.29, 0.717) is 12.1 Å². The monoisotopic (exact) mass is 392 g/mol. The number of carbonyl (C=O) groups excluding carboxylic acids is 1. The number of piperazine rings is 1. The molecule has 0 unspecified atom stereocenters. The van der Waals surface area contributed by atoms with Crippen molar-refractivity contribution in [3.8, 4) is 0 Å². The van der Waals surface area contributed by atoms with Gasteiger partial charge in [0.15, 0.2) is 0 Å². The maximum Gasteiger partial charge on any atom is 0.328 e. The maximum absolute atomic E-state index is 11.0. The average Bonchev–Trinajstić information content (AvgIpc) is 2.70. The second-order valence-corrected chi connectivity index (χ2v) is 7.84. The van der Waals surface area contributed by atoms with Gasteiger partial charge in [0, 0.05) is 49.9 Å². The van der Waals surface area contributed by atoms with Gasteiger partial charge in [-0.2, -0.15) is 0 Å². The summed E-state index contributed by atoms with van der Waals surface area (Å²) in [5.74, 6) is -0.937. The van der Waals surface area contributed by atoms with Crippen LogP contribution in [0, 0.1) is 0 Å². The highest BCUT2D eigenvalue weighted by Crippen LogP contribution is 2.21. The molecule has 3 rings (SSSR count). The fourth-order valence-electron chi connectivity index (χ4n) is 4.04. The molecule has 1 heterocycles. The van der Waals surface area contributed by atoms with E-state index in [9.17, 15) is 9.59 Å². The lowest BCUT2D eigenvalue weighted by atomic mass is 10.0. The predicted molar refractivity (Wildman–Crippen MR) is 115 cm³/mol. The van der Waals surface area contributed by atoms with E-state index >= 15 is 0 Å². The Hall–Kier alpha value is -2.76. The topological polar surface area (TPSA) is 60.9 Å². The lowest BCUT2D eigenvalue weighted by molar-refractivity contribution is -0.131. The SMILES string of the molecule is C[C@@H]1CN(Cc2ccc(C=CC(=O)O)cc2)C[C@H](C)N1Cc1cccc(C=O)c1. The standard InChI is InChI=1S/C24H28N2O3/c1-18-13-25(15-21-8-6-20(7-9-21)10-11-24(28)29)14-19(2)26(18)16-22-4-3-5-23(12-22)17-27/h3-12,17-19H,13-16H2,1-2H3,(H,28,29)/t18-,19+. The molecule has 1 saturated heterocycles. The Bertz CT molecular complexity index is 864. The molecule has 0 saturated carbocycles. The molecule has 5 nitrogen and oxygen atoms in total. The van der Waals surface area contributed by atoms with Crippen LogP contribution in [-0.4, -0.2) is 52.3 Å². The zero-order valence-electron chi connectivity index (χ0n) is 17.0. The Morgan fingerprint density at radius 2 is 1.69 bits per heavy atom. The fraction of sp³-hybridized carbons (Fsp3) is 0.333. The third kappa shape index (κ3) is 5.86. The number of nitrogens with zero attached hydrogens (tertiary/aromatic N) is 2. The third-order valence-corrected chi connectivity index (χ3v) is 5.43. The van der Waals surface area contributed by atoms with Crippen molar-refractivity contribution in [1.29, 1.82) is 0 Å². The van der Waals surface area contributed by atoms with Crippen molar-refractivity contribution >= 4 is 18.3 Å². The molecule has 5 heteroatoms. The number of rotatable bonds is 7. The highest BCUT2D eigenvalue weighted by atomic mass is 16.4. The van der Waals surface area contributed by atoms with Gasteiger partial charge in [-0.3, -0.25) is 14.6 Å². The van der Waals surface area contributed by atoms with Gasteiger partial charge in [-0.05, 0) is 42.7 Å². The van der Waals surface area contributed by atoms with Crippen LogP contribution in [0.3, 0.4) is 0 Å². The van der Waals surface area contributed by atoms with Crippen molar-refractivity contribution < 1.29 is 14.7 Å². The van der Waals surface area contributed by atoms with Crippen LogP contribution in [0.2, 0.25) is 0 Å². The maximum atomic E-state index is 11.0. The van der Waals surface area contributed by atoms with Crippen molar-refractivity contribution in [2.75, 3.05) is 13.1 Å². The van der Waals surface area contributed by atoms with Crippen LogP contribution in [0.25, 0.3) is 6.08 Å². The van der Waals surface area contributed by atoms with Gasteiger partial charge in [0.1, 0.15) is 6.29 Å². The summed E-state index contributed by atoms with van der Waals surface area (Å²) in [4.78, 5) is 26.6. The molecule has 29 heavy (non-hydrogen) atoms. The van der Waals surface area contributed by atoms with Gasteiger partial charge in [-0.15, -0.1) is 0 Å². The van der Waals surface area contributed by atoms with Crippen molar-refractivity contribution in [2.24, 2.45) is 0 Å². The molecule has 1 fully saturated rings. The van der Waals surface area contributed by atoms with Gasteiger partial charge in [0.05, 0.1) is 0 Å². The minimum atomic E-state index is -0.937. The molecule has 0 spiro atoms. The summed E-state index contributed by atoms with van der Waals surface area (Å²) in [6.45, 7) is 8.21. The molecule has 0 aromatic heterocycles. The van der Waals surface area contributed by atoms with E-state index in [0.717, 1.165) is 49.7 Å². The number of hydrogen-bond donors (Lipinski definition) is 1. The Morgan fingerprint density at radius 1 is 1.00 bits per heavy atom. The van der Waals surface area contributed by atoms with Crippen molar-refractivity contribution in [1.82, 2.24) is 9.80 Å². The second-order valence-electron chi connectivity index (χ2n) is 7.84. The van der Waals surface area contributed by atoms with Gasteiger partial charge in [0.2, 0.25) is 0 Å². The van der Waals surface area contributed by atoms with E-state index in [-0.39, 0.29) is 0 Å². The molecular formula is C24H28N2O3. The Kier molecular flexibility index (Phi) is 6.96. The van der Waals surface area contributed by atoms with Gasteiger partial charge in [-0.25, -0.2) is 4.79 Å². The number of benzene rings is 2. The van der Waals surface area contributed by atoms with Crippen LogP contribution in [0.1, 0.15) is 40.9 Å². The molecule has 1 N–H and O–H groups in total. The fourth-order valence-corrected chi connectivity index (χ4v) is 4.04. The minimum absolute atomic E-state index is 0.413. The molecule has 0 aliphatic carbocycles. The van der Waals surface area contributed by atoms with Crippen LogP contribution in [0.4, 0.5) is 0 Å². The van der Waals surface area contributed by atoms with E-state index < -0.39 is 5.97 Å². The summed E-state index contributed by atoms with van der Waals surface area (Å²) in [6.07, 6.45) is 3.66. The highest BCUT2D eigenvalue weighted by molar-refractivity contribution is 5.85. The van der Waals surface area contributed by atoms with Crippen LogP contribution in [-0.2, 0) is 17.9 Å². The lowest BCUT2D eigenvalue weighted by Gasteiger charge is -2.44. The summed E-state index contributed by atoms with van der Waals surface area (Å²) in [7, 11) is 0. The molecule has 1 aliphatic rings. The zero-order valence-corrected chi connectivity index (χ0v) is 17.0. The molecule has 0 bridgehead atoms. The molecule has 2 aromatic carbocycles. The Morgan fingerprint density at radius 3 is 2.31 bits per heavy atom. The zero-order chi connectivity index (χ0) is 20.8. The smallest absolute Gasteiger partial charge is 0.328 e. The van der Waals surface area contributed by atoms with E-state index in [1.807, 2.05) is 30.3 Å². The largest absolute Gasteiger partial charge is 0.478 e. The van der Waals surface area contributed by atoms with E-state index in [1.54, 1.807) is 6.08 Å². The van der Waals surface area contributed by atoms with Gasteiger partial charge in [-0.1, -0.05) is 42.5 Å². The highest BCUT2D eigenvalue weighted by Gasteiger charge is 2.29. The molecule has 1 aliphatic heterocycles. The first-order valence-corrected chi connectivity index (χ1v) is 9.97. The first-order valence-electron chi connectivity index (χ1n) is 9.97. The number of aldehydes is 1. The van der Waals surface area contributed by atoms with Gasteiger partial charge in [0.25, 0.3) is 0 Å². The number of carbonyl (C=O) groups is 2. The molecule has 0 amide bonds. The predicted octanol–water partition coefficient (Wildman–Crippen LogP) is 3.69. The Labute approximate surface area is 172 Å².